The second-order valence-electron chi connectivity index (χ2n) is 5.87. The van der Waals surface area contributed by atoms with E-state index in [1.54, 1.807) is 0 Å². The highest BCUT2D eigenvalue weighted by molar-refractivity contribution is 5.38. The molecule has 4 rings (SSSR count). The van der Waals surface area contributed by atoms with Crippen molar-refractivity contribution in [3.63, 3.8) is 0 Å². The fraction of sp³-hybridized carbons (Fsp3) is 0.600. The van der Waals surface area contributed by atoms with Gasteiger partial charge in [-0.3, -0.25) is 0 Å². The van der Waals surface area contributed by atoms with E-state index in [1.807, 2.05) is 6.26 Å². The standard InChI is InChI=1S/C15H20O/c1-10-4-6-15(3)11(2)9-12(8-10)14-13(15)5-7-16-14/h5,7-8,11-12H,4,6,9H2,1-3H3/b10-8-. The molecule has 0 fully saturated rings. The first-order chi connectivity index (χ1) is 7.61. The number of hydrogen-bond acceptors (Lipinski definition) is 1. The van der Waals surface area contributed by atoms with Gasteiger partial charge in [0.2, 0.25) is 0 Å². The maximum absolute atomic E-state index is 5.74. The van der Waals surface area contributed by atoms with E-state index in [1.165, 1.54) is 36.2 Å². The van der Waals surface area contributed by atoms with Crippen molar-refractivity contribution in [3.8, 4) is 0 Å². The van der Waals surface area contributed by atoms with E-state index in [9.17, 15) is 0 Å². The van der Waals surface area contributed by atoms with Crippen LogP contribution in [0.4, 0.5) is 0 Å². The summed E-state index contributed by atoms with van der Waals surface area (Å²) in [5, 5.41) is 0. The Bertz CT molecular complexity index is 440. The molecule has 0 radical (unpaired) electrons. The monoisotopic (exact) mass is 216 g/mol. The zero-order valence-electron chi connectivity index (χ0n) is 10.4. The van der Waals surface area contributed by atoms with E-state index in [2.05, 4.69) is 32.9 Å². The average Bonchev–Trinajstić information content (AvgIpc) is 2.71. The third-order valence-corrected chi connectivity index (χ3v) is 4.87. The lowest BCUT2D eigenvalue weighted by Crippen LogP contribution is -2.37. The summed E-state index contributed by atoms with van der Waals surface area (Å²) in [6.45, 7) is 7.08. The maximum Gasteiger partial charge on any atom is 0.114 e. The molecule has 0 spiro atoms. The molecule has 0 saturated carbocycles. The number of furan rings is 1. The van der Waals surface area contributed by atoms with E-state index in [4.69, 9.17) is 4.42 Å². The Morgan fingerprint density at radius 1 is 1.44 bits per heavy atom. The molecule has 3 atom stereocenters. The van der Waals surface area contributed by atoms with Crippen molar-refractivity contribution in [2.75, 3.05) is 0 Å². The van der Waals surface area contributed by atoms with Crippen LogP contribution in [0.3, 0.4) is 0 Å². The van der Waals surface area contributed by atoms with Crippen molar-refractivity contribution < 1.29 is 4.42 Å². The van der Waals surface area contributed by atoms with Gasteiger partial charge in [0.1, 0.15) is 5.76 Å². The summed E-state index contributed by atoms with van der Waals surface area (Å²) in [7, 11) is 0. The van der Waals surface area contributed by atoms with E-state index in [0.717, 1.165) is 5.92 Å². The third kappa shape index (κ3) is 1.24. The summed E-state index contributed by atoms with van der Waals surface area (Å²) in [5.74, 6) is 2.51. The van der Waals surface area contributed by atoms with Crippen molar-refractivity contribution in [3.05, 3.63) is 35.3 Å². The molecular weight excluding hydrogens is 196 g/mol. The van der Waals surface area contributed by atoms with Gasteiger partial charge in [0, 0.05) is 11.5 Å². The van der Waals surface area contributed by atoms with Crippen LogP contribution in [0.1, 0.15) is 57.3 Å². The zero-order chi connectivity index (χ0) is 11.3. The molecule has 0 aliphatic heterocycles. The summed E-state index contributed by atoms with van der Waals surface area (Å²) in [6, 6.07) is 2.20. The fourth-order valence-corrected chi connectivity index (χ4v) is 3.50. The number of hydrogen-bond donors (Lipinski definition) is 0. The molecular formula is C15H20O. The zero-order valence-corrected chi connectivity index (χ0v) is 10.4. The van der Waals surface area contributed by atoms with Crippen LogP contribution in [-0.2, 0) is 5.41 Å². The van der Waals surface area contributed by atoms with Gasteiger partial charge in [-0.1, -0.05) is 25.5 Å². The van der Waals surface area contributed by atoms with Gasteiger partial charge in [0.25, 0.3) is 0 Å². The number of fused-ring (bicyclic) bond motifs is 3. The number of allylic oxidation sites excluding steroid dienone is 2. The molecule has 1 aromatic heterocycles. The number of rotatable bonds is 0. The van der Waals surface area contributed by atoms with E-state index in [-0.39, 0.29) is 0 Å². The summed E-state index contributed by atoms with van der Waals surface area (Å²) in [6.07, 6.45) is 8.05. The lowest BCUT2D eigenvalue weighted by Gasteiger charge is -2.43. The molecule has 86 valence electrons. The lowest BCUT2D eigenvalue weighted by molar-refractivity contribution is 0.226. The maximum atomic E-state index is 5.74. The van der Waals surface area contributed by atoms with Gasteiger partial charge in [-0.25, -0.2) is 0 Å². The first kappa shape index (κ1) is 10.2. The summed E-state index contributed by atoms with van der Waals surface area (Å²) in [4.78, 5) is 0. The minimum atomic E-state index is 0.328. The van der Waals surface area contributed by atoms with E-state index in [0.29, 0.717) is 11.3 Å². The predicted molar refractivity (Wildman–Crippen MR) is 65.6 cm³/mol. The molecule has 3 aliphatic carbocycles. The van der Waals surface area contributed by atoms with Crippen LogP contribution >= 0.6 is 0 Å². The van der Waals surface area contributed by atoms with Crippen molar-refractivity contribution in [1.82, 2.24) is 0 Å². The van der Waals surface area contributed by atoms with Crippen molar-refractivity contribution in [1.29, 1.82) is 0 Å². The molecule has 3 aliphatic rings. The highest BCUT2D eigenvalue weighted by Gasteiger charge is 2.43. The Labute approximate surface area is 97.5 Å². The van der Waals surface area contributed by atoms with Crippen LogP contribution in [0.15, 0.2) is 28.4 Å². The van der Waals surface area contributed by atoms with E-state index >= 15 is 0 Å². The molecule has 1 nitrogen and oxygen atoms in total. The van der Waals surface area contributed by atoms with Crippen LogP contribution in [0.25, 0.3) is 0 Å². The fourth-order valence-electron chi connectivity index (χ4n) is 3.50. The Morgan fingerprint density at radius 2 is 2.25 bits per heavy atom. The SMILES string of the molecule is C/C1=C/C2CC(C)C(C)(CC1)c1ccoc12. The van der Waals surface area contributed by atoms with Gasteiger partial charge >= 0.3 is 0 Å². The Balaban J connectivity index is 2.21. The molecule has 2 bridgehead atoms. The van der Waals surface area contributed by atoms with Crippen molar-refractivity contribution in [2.24, 2.45) is 5.92 Å². The van der Waals surface area contributed by atoms with Crippen LogP contribution < -0.4 is 0 Å². The Kier molecular flexibility index (Phi) is 2.07. The van der Waals surface area contributed by atoms with Gasteiger partial charge in [0.05, 0.1) is 6.26 Å². The first-order valence-electron chi connectivity index (χ1n) is 6.36. The molecule has 0 saturated heterocycles. The average molecular weight is 216 g/mol. The molecule has 1 heterocycles. The first-order valence-corrected chi connectivity index (χ1v) is 6.36. The molecule has 1 heteroatoms. The molecule has 0 aromatic carbocycles. The Morgan fingerprint density at radius 3 is 3.06 bits per heavy atom. The van der Waals surface area contributed by atoms with Crippen molar-refractivity contribution in [2.45, 2.75) is 51.4 Å². The highest BCUT2D eigenvalue weighted by atomic mass is 16.3. The normalized spacial score (nSPS) is 40.8. The van der Waals surface area contributed by atoms with Gasteiger partial charge in [0.15, 0.2) is 0 Å². The van der Waals surface area contributed by atoms with Crippen LogP contribution in [0.2, 0.25) is 0 Å². The second kappa shape index (κ2) is 3.26. The van der Waals surface area contributed by atoms with E-state index < -0.39 is 0 Å². The van der Waals surface area contributed by atoms with Gasteiger partial charge < -0.3 is 4.42 Å². The van der Waals surface area contributed by atoms with Crippen molar-refractivity contribution >= 4 is 0 Å². The third-order valence-electron chi connectivity index (χ3n) is 4.87. The topological polar surface area (TPSA) is 13.1 Å². The molecule has 16 heavy (non-hydrogen) atoms. The highest BCUT2D eigenvalue weighted by Crippen LogP contribution is 2.51. The van der Waals surface area contributed by atoms with Crippen LogP contribution in [-0.4, -0.2) is 0 Å². The second-order valence-corrected chi connectivity index (χ2v) is 5.87. The summed E-state index contributed by atoms with van der Waals surface area (Å²) in [5.41, 5.74) is 3.33. The summed E-state index contributed by atoms with van der Waals surface area (Å²) >= 11 is 0. The quantitative estimate of drug-likeness (QED) is 0.586. The van der Waals surface area contributed by atoms with Crippen LogP contribution in [0, 0.1) is 5.92 Å². The van der Waals surface area contributed by atoms with Gasteiger partial charge in [-0.2, -0.15) is 0 Å². The Hall–Kier alpha value is -0.980. The predicted octanol–water partition coefficient (Wildman–Crippen LogP) is 4.40. The molecule has 1 aromatic rings. The largest absolute Gasteiger partial charge is 0.468 e. The minimum Gasteiger partial charge on any atom is -0.468 e. The smallest absolute Gasteiger partial charge is 0.114 e. The molecule has 0 amide bonds. The molecule has 0 N–H and O–H groups in total. The van der Waals surface area contributed by atoms with Gasteiger partial charge in [-0.05, 0) is 43.6 Å². The lowest BCUT2D eigenvalue weighted by atomic mass is 9.60. The minimum absolute atomic E-state index is 0.328. The van der Waals surface area contributed by atoms with Crippen LogP contribution in [0.5, 0.6) is 0 Å². The van der Waals surface area contributed by atoms with Gasteiger partial charge in [-0.15, -0.1) is 0 Å². The molecule has 3 unspecified atom stereocenters. The summed E-state index contributed by atoms with van der Waals surface area (Å²) < 4.78 is 5.74.